The summed E-state index contributed by atoms with van der Waals surface area (Å²) in [5.41, 5.74) is -0.263. The molecule has 0 saturated heterocycles. The Morgan fingerprint density at radius 3 is 2.33 bits per heavy atom. The quantitative estimate of drug-likeness (QED) is 0.425. The fourth-order valence-corrected chi connectivity index (χ4v) is 1.92. The highest BCUT2D eigenvalue weighted by Gasteiger charge is 2.23. The molecule has 10 heteroatoms. The normalized spacial score (nSPS) is 10.3. The minimum absolute atomic E-state index is 0.0114. The number of amides is 2. The maximum atomic E-state index is 12.2. The summed E-state index contributed by atoms with van der Waals surface area (Å²) in [4.78, 5) is 35.7. The summed E-state index contributed by atoms with van der Waals surface area (Å²) in [6, 6.07) is 3.55. The average molecular weight is 360 g/mol. The Hall–Kier alpha value is -2.23. The molecule has 0 aromatic heterocycles. The van der Waals surface area contributed by atoms with E-state index in [1.54, 1.807) is 0 Å². The second-order valence-corrected chi connectivity index (χ2v) is 5.06. The highest BCUT2D eigenvalue weighted by atomic mass is 35.5. The van der Waals surface area contributed by atoms with Gasteiger partial charge in [-0.15, -0.1) is 0 Å². The number of methoxy groups -OCH3 is 2. The molecular weight excluding hydrogens is 342 g/mol. The molecule has 1 rings (SSSR count). The van der Waals surface area contributed by atoms with Crippen molar-refractivity contribution in [3.05, 3.63) is 33.3 Å². The molecule has 132 valence electrons. The topological polar surface area (TPSA) is 111 Å². The third-order valence-corrected chi connectivity index (χ3v) is 3.35. The molecule has 9 nitrogen and oxygen atoms in total. The van der Waals surface area contributed by atoms with Crippen molar-refractivity contribution in [3.8, 4) is 0 Å². The van der Waals surface area contributed by atoms with E-state index in [2.05, 4.69) is 5.32 Å². The number of benzene rings is 1. The monoisotopic (exact) mass is 359 g/mol. The van der Waals surface area contributed by atoms with Crippen molar-refractivity contribution >= 4 is 34.8 Å². The maximum Gasteiger partial charge on any atom is 0.313 e. The van der Waals surface area contributed by atoms with Gasteiger partial charge in [0.05, 0.1) is 28.8 Å². The number of nitrogens with one attached hydrogen (secondary N) is 1. The van der Waals surface area contributed by atoms with Crippen molar-refractivity contribution in [2.24, 2.45) is 0 Å². The smallest absolute Gasteiger partial charge is 0.313 e. The van der Waals surface area contributed by atoms with Crippen molar-refractivity contribution in [1.29, 1.82) is 0 Å². The molecule has 0 radical (unpaired) electrons. The van der Waals surface area contributed by atoms with Gasteiger partial charge in [0, 0.05) is 39.4 Å². The number of nitro benzene ring substituents is 1. The van der Waals surface area contributed by atoms with Gasteiger partial charge in [-0.3, -0.25) is 19.7 Å². The Labute approximate surface area is 143 Å². The van der Waals surface area contributed by atoms with Crippen LogP contribution in [-0.2, 0) is 19.1 Å². The lowest BCUT2D eigenvalue weighted by molar-refractivity contribution is -0.384. The first-order chi connectivity index (χ1) is 11.4. The van der Waals surface area contributed by atoms with Gasteiger partial charge in [0.25, 0.3) is 5.69 Å². The van der Waals surface area contributed by atoms with Crippen LogP contribution in [0.4, 0.5) is 11.4 Å². The lowest BCUT2D eigenvalue weighted by Crippen LogP contribution is -2.43. The molecule has 0 heterocycles. The molecule has 0 fully saturated rings. The van der Waals surface area contributed by atoms with E-state index in [1.165, 1.54) is 31.3 Å². The number of nitrogens with zero attached hydrogens (tertiary/aromatic N) is 2. The van der Waals surface area contributed by atoms with Crippen LogP contribution in [0.1, 0.15) is 0 Å². The van der Waals surface area contributed by atoms with E-state index in [1.807, 2.05) is 0 Å². The van der Waals surface area contributed by atoms with Crippen LogP contribution in [0.25, 0.3) is 0 Å². The summed E-state index contributed by atoms with van der Waals surface area (Å²) in [5.74, 6) is -1.77. The molecule has 2 amide bonds. The Bertz CT molecular complexity index is 602. The molecule has 0 atom stereocenters. The van der Waals surface area contributed by atoms with Crippen LogP contribution >= 0.6 is 11.6 Å². The van der Waals surface area contributed by atoms with Crippen LogP contribution in [0, 0.1) is 10.1 Å². The molecule has 0 aliphatic carbocycles. The van der Waals surface area contributed by atoms with Gasteiger partial charge in [-0.25, -0.2) is 0 Å². The van der Waals surface area contributed by atoms with Crippen LogP contribution in [-0.4, -0.2) is 62.2 Å². The van der Waals surface area contributed by atoms with Crippen molar-refractivity contribution in [1.82, 2.24) is 4.90 Å². The highest BCUT2D eigenvalue weighted by molar-refractivity contribution is 6.41. The Balaban J connectivity index is 2.85. The molecule has 0 unspecified atom stereocenters. The van der Waals surface area contributed by atoms with Crippen LogP contribution in [0.5, 0.6) is 0 Å². The summed E-state index contributed by atoms with van der Waals surface area (Å²) >= 11 is 5.89. The van der Waals surface area contributed by atoms with E-state index in [0.29, 0.717) is 0 Å². The molecular formula is C14H18ClN3O6. The number of carbonyl (C=O) groups is 2. The second-order valence-electron chi connectivity index (χ2n) is 4.65. The fraction of sp³-hybridized carbons (Fsp3) is 0.429. The van der Waals surface area contributed by atoms with Crippen molar-refractivity contribution in [3.63, 3.8) is 0 Å². The van der Waals surface area contributed by atoms with Gasteiger partial charge >= 0.3 is 11.8 Å². The molecule has 1 N–H and O–H groups in total. The number of anilines is 1. The number of halogens is 1. The van der Waals surface area contributed by atoms with Gasteiger partial charge in [-0.2, -0.15) is 0 Å². The molecule has 24 heavy (non-hydrogen) atoms. The molecule has 0 bridgehead atoms. The lowest BCUT2D eigenvalue weighted by Gasteiger charge is -2.21. The minimum Gasteiger partial charge on any atom is -0.383 e. The summed E-state index contributed by atoms with van der Waals surface area (Å²) in [5, 5.41) is 13.2. The zero-order chi connectivity index (χ0) is 18.1. The zero-order valence-electron chi connectivity index (χ0n) is 13.3. The standard InChI is InChI=1S/C14H18ClN3O6/c1-23-7-5-17(6-8-24-2)14(20)13(19)16-12-9-10(18(21)22)3-4-11(12)15/h3-4,9H,5-8H2,1-2H3,(H,16,19). The highest BCUT2D eigenvalue weighted by Crippen LogP contribution is 2.26. The van der Waals surface area contributed by atoms with Crippen LogP contribution in [0.2, 0.25) is 5.02 Å². The van der Waals surface area contributed by atoms with Gasteiger partial charge in [0.15, 0.2) is 0 Å². The first-order valence-corrected chi connectivity index (χ1v) is 7.30. The molecule has 0 aliphatic rings. The number of nitro groups is 1. The van der Waals surface area contributed by atoms with Crippen LogP contribution in [0.15, 0.2) is 18.2 Å². The predicted octanol–water partition coefficient (Wildman–Crippen LogP) is 1.31. The van der Waals surface area contributed by atoms with Gasteiger partial charge in [0.1, 0.15) is 0 Å². The summed E-state index contributed by atoms with van der Waals surface area (Å²) in [7, 11) is 2.95. The summed E-state index contributed by atoms with van der Waals surface area (Å²) in [6.45, 7) is 0.907. The van der Waals surface area contributed by atoms with E-state index >= 15 is 0 Å². The van der Waals surface area contributed by atoms with Crippen LogP contribution < -0.4 is 5.32 Å². The first kappa shape index (κ1) is 19.8. The van der Waals surface area contributed by atoms with E-state index < -0.39 is 16.7 Å². The Kier molecular flexibility index (Phi) is 8.10. The largest absolute Gasteiger partial charge is 0.383 e. The van der Waals surface area contributed by atoms with Gasteiger partial charge < -0.3 is 19.7 Å². The van der Waals surface area contributed by atoms with Crippen LogP contribution in [0.3, 0.4) is 0 Å². The molecule has 0 aliphatic heterocycles. The number of ether oxygens (including phenoxy) is 2. The number of carbonyl (C=O) groups excluding carboxylic acids is 2. The van der Waals surface area contributed by atoms with Gasteiger partial charge in [-0.1, -0.05) is 11.6 Å². The maximum absolute atomic E-state index is 12.2. The Morgan fingerprint density at radius 1 is 1.25 bits per heavy atom. The molecule has 1 aromatic rings. The molecule has 0 spiro atoms. The van der Waals surface area contributed by atoms with Gasteiger partial charge in [0.2, 0.25) is 0 Å². The predicted molar refractivity (Wildman–Crippen MR) is 87.1 cm³/mol. The molecule has 0 saturated carbocycles. The van der Waals surface area contributed by atoms with E-state index in [-0.39, 0.29) is 42.7 Å². The lowest BCUT2D eigenvalue weighted by atomic mass is 10.2. The number of hydrogen-bond donors (Lipinski definition) is 1. The van der Waals surface area contributed by atoms with Gasteiger partial charge in [-0.05, 0) is 6.07 Å². The number of hydrogen-bond acceptors (Lipinski definition) is 6. The van der Waals surface area contributed by atoms with E-state index in [9.17, 15) is 19.7 Å². The second kappa shape index (κ2) is 9.81. The number of non-ortho nitro benzene ring substituents is 1. The van der Waals surface area contributed by atoms with E-state index in [0.717, 1.165) is 6.07 Å². The number of rotatable bonds is 8. The fourth-order valence-electron chi connectivity index (χ4n) is 1.76. The third-order valence-electron chi connectivity index (χ3n) is 3.02. The first-order valence-electron chi connectivity index (χ1n) is 6.92. The van der Waals surface area contributed by atoms with Crippen molar-refractivity contribution in [2.75, 3.05) is 45.8 Å². The van der Waals surface area contributed by atoms with Crippen molar-refractivity contribution in [2.45, 2.75) is 0 Å². The Morgan fingerprint density at radius 2 is 1.83 bits per heavy atom. The van der Waals surface area contributed by atoms with Crippen molar-refractivity contribution < 1.29 is 24.0 Å². The summed E-state index contributed by atoms with van der Waals surface area (Å²) < 4.78 is 9.80. The third kappa shape index (κ3) is 5.76. The minimum atomic E-state index is -0.954. The van der Waals surface area contributed by atoms with E-state index in [4.69, 9.17) is 21.1 Å². The average Bonchev–Trinajstić information content (AvgIpc) is 2.56. The summed E-state index contributed by atoms with van der Waals surface area (Å²) in [6.07, 6.45) is 0. The zero-order valence-corrected chi connectivity index (χ0v) is 14.0. The SMILES string of the molecule is COCCN(CCOC)C(=O)C(=O)Nc1cc([N+](=O)[O-])ccc1Cl. The molecule has 1 aromatic carbocycles.